The van der Waals surface area contributed by atoms with Gasteiger partial charge in [0.05, 0.1) is 5.56 Å². The second-order valence-electron chi connectivity index (χ2n) is 4.15. The van der Waals surface area contributed by atoms with Crippen LogP contribution in [0.25, 0.3) is 0 Å². The van der Waals surface area contributed by atoms with E-state index in [0.29, 0.717) is 0 Å². The maximum Gasteiger partial charge on any atom is 0.345 e. The van der Waals surface area contributed by atoms with Crippen molar-refractivity contribution in [1.82, 2.24) is 9.97 Å². The molecule has 0 saturated heterocycles. The Hall–Kier alpha value is -2.83. The van der Waals surface area contributed by atoms with Gasteiger partial charge in [0.15, 0.2) is 0 Å². The highest BCUT2D eigenvalue weighted by Gasteiger charge is 2.17. The molecular weight excluding hydrogens is 260 g/mol. The van der Waals surface area contributed by atoms with Gasteiger partial charge in [-0.15, -0.1) is 0 Å². The number of rotatable bonds is 5. The van der Waals surface area contributed by atoms with Crippen molar-refractivity contribution in [3.63, 3.8) is 0 Å². The van der Waals surface area contributed by atoms with Gasteiger partial charge in [-0.1, -0.05) is 30.3 Å². The summed E-state index contributed by atoms with van der Waals surface area (Å²) in [5, 5.41) is 12.6. The summed E-state index contributed by atoms with van der Waals surface area (Å²) in [6.07, 6.45) is 1.13. The van der Waals surface area contributed by atoms with E-state index in [9.17, 15) is 9.59 Å². The van der Waals surface area contributed by atoms with Gasteiger partial charge in [-0.05, 0) is 5.56 Å². The third kappa shape index (κ3) is 2.94. The number of hydrogen-bond acceptors (Lipinski definition) is 5. The quantitative estimate of drug-likeness (QED) is 0.718. The first kappa shape index (κ1) is 13.6. The Morgan fingerprint density at radius 3 is 2.70 bits per heavy atom. The van der Waals surface area contributed by atoms with Gasteiger partial charge < -0.3 is 10.1 Å². The summed E-state index contributed by atoms with van der Waals surface area (Å²) in [5.74, 6) is -1.18. The molecule has 1 unspecified atom stereocenters. The topological polar surface area (TPSA) is 119 Å². The molecule has 0 aliphatic carbocycles. The number of aromatic amines is 1. The first-order valence-electron chi connectivity index (χ1n) is 5.85. The van der Waals surface area contributed by atoms with Crippen LogP contribution in [0.3, 0.4) is 0 Å². The van der Waals surface area contributed by atoms with Crippen LogP contribution >= 0.6 is 0 Å². The average Bonchev–Trinajstić information content (AvgIpc) is 2.45. The number of nitrogens with zero attached hydrogens (tertiary/aromatic N) is 2. The van der Waals surface area contributed by atoms with Crippen LogP contribution in [0.4, 0.5) is 0 Å². The Bertz CT molecular complexity index is 682. The van der Waals surface area contributed by atoms with Gasteiger partial charge in [-0.25, -0.2) is 20.1 Å². The molecule has 0 fully saturated rings. The SMILES string of the molecule is N=NC(Cc1[nH]c(=O)ncc1C(=O)O)c1ccccc1. The smallest absolute Gasteiger partial charge is 0.345 e. The van der Waals surface area contributed by atoms with Crippen LogP contribution in [0.5, 0.6) is 0 Å². The molecule has 7 nitrogen and oxygen atoms in total. The summed E-state index contributed by atoms with van der Waals surface area (Å²) < 4.78 is 0. The molecule has 0 spiro atoms. The summed E-state index contributed by atoms with van der Waals surface area (Å²) in [6.45, 7) is 0. The lowest BCUT2D eigenvalue weighted by molar-refractivity contribution is 0.0694. The number of nitrogens with one attached hydrogen (secondary N) is 2. The summed E-state index contributed by atoms with van der Waals surface area (Å²) in [7, 11) is 0. The fourth-order valence-electron chi connectivity index (χ4n) is 1.88. The van der Waals surface area contributed by atoms with Gasteiger partial charge in [-0.2, -0.15) is 5.11 Å². The third-order valence-corrected chi connectivity index (χ3v) is 2.86. The number of aromatic carboxylic acids is 1. The molecule has 1 atom stereocenters. The molecule has 0 bridgehead atoms. The van der Waals surface area contributed by atoms with Gasteiger partial charge in [-0.3, -0.25) is 0 Å². The molecule has 1 aromatic carbocycles. The highest BCUT2D eigenvalue weighted by Crippen LogP contribution is 2.22. The Kier molecular flexibility index (Phi) is 3.99. The standard InChI is InChI=1S/C13H12N4O3/c14-17-10(8-4-2-1-3-5-8)6-11-9(12(18)19)7-15-13(20)16-11/h1-5,7,10,14H,6H2,(H,18,19)(H,15,16,20). The largest absolute Gasteiger partial charge is 0.478 e. The molecule has 20 heavy (non-hydrogen) atoms. The average molecular weight is 272 g/mol. The molecular formula is C13H12N4O3. The van der Waals surface area contributed by atoms with Crippen molar-refractivity contribution in [2.24, 2.45) is 5.11 Å². The van der Waals surface area contributed by atoms with Crippen molar-refractivity contribution < 1.29 is 9.90 Å². The minimum absolute atomic E-state index is 0.0887. The zero-order chi connectivity index (χ0) is 14.5. The van der Waals surface area contributed by atoms with Crippen molar-refractivity contribution in [2.75, 3.05) is 0 Å². The van der Waals surface area contributed by atoms with Crippen molar-refractivity contribution >= 4 is 5.97 Å². The van der Waals surface area contributed by atoms with E-state index in [1.807, 2.05) is 6.07 Å². The minimum atomic E-state index is -1.18. The van der Waals surface area contributed by atoms with Crippen LogP contribution in [0, 0.1) is 5.53 Å². The van der Waals surface area contributed by atoms with Crippen LogP contribution in [-0.2, 0) is 6.42 Å². The fraction of sp³-hybridized carbons (Fsp3) is 0.154. The molecule has 2 rings (SSSR count). The van der Waals surface area contributed by atoms with E-state index in [1.54, 1.807) is 24.3 Å². The maximum absolute atomic E-state index is 11.2. The Morgan fingerprint density at radius 1 is 1.40 bits per heavy atom. The van der Waals surface area contributed by atoms with E-state index in [-0.39, 0.29) is 17.7 Å². The molecule has 0 aliphatic rings. The van der Waals surface area contributed by atoms with Gasteiger partial charge in [0.2, 0.25) is 0 Å². The normalized spacial score (nSPS) is 11.8. The van der Waals surface area contributed by atoms with Gasteiger partial charge in [0.25, 0.3) is 0 Å². The number of hydrogen-bond donors (Lipinski definition) is 3. The molecule has 0 amide bonds. The van der Waals surface area contributed by atoms with E-state index in [0.717, 1.165) is 11.8 Å². The minimum Gasteiger partial charge on any atom is -0.478 e. The van der Waals surface area contributed by atoms with E-state index in [2.05, 4.69) is 15.1 Å². The molecule has 0 radical (unpaired) electrons. The number of carboxylic acids is 1. The number of carboxylic acid groups (broad SMARTS) is 1. The van der Waals surface area contributed by atoms with E-state index < -0.39 is 17.7 Å². The number of carbonyl (C=O) groups is 1. The lowest BCUT2D eigenvalue weighted by atomic mass is 10.0. The molecule has 102 valence electrons. The monoisotopic (exact) mass is 272 g/mol. The lowest BCUT2D eigenvalue weighted by Crippen LogP contribution is -2.18. The predicted molar refractivity (Wildman–Crippen MR) is 69.9 cm³/mol. The lowest BCUT2D eigenvalue weighted by Gasteiger charge is -2.12. The van der Waals surface area contributed by atoms with Gasteiger partial charge in [0, 0.05) is 18.3 Å². The van der Waals surface area contributed by atoms with E-state index in [1.165, 1.54) is 0 Å². The van der Waals surface area contributed by atoms with Crippen molar-refractivity contribution in [1.29, 1.82) is 5.53 Å². The highest BCUT2D eigenvalue weighted by atomic mass is 16.4. The summed E-state index contributed by atoms with van der Waals surface area (Å²) >= 11 is 0. The van der Waals surface area contributed by atoms with Crippen molar-refractivity contribution in [2.45, 2.75) is 12.5 Å². The molecule has 3 N–H and O–H groups in total. The van der Waals surface area contributed by atoms with Crippen molar-refractivity contribution in [3.05, 3.63) is 63.8 Å². The maximum atomic E-state index is 11.2. The van der Waals surface area contributed by atoms with Crippen LogP contribution < -0.4 is 5.69 Å². The van der Waals surface area contributed by atoms with Crippen LogP contribution in [0.1, 0.15) is 27.7 Å². The first-order chi connectivity index (χ1) is 9.61. The fourth-order valence-corrected chi connectivity index (χ4v) is 1.88. The molecule has 7 heteroatoms. The molecule has 2 aromatic rings. The second-order valence-corrected chi connectivity index (χ2v) is 4.15. The molecule has 1 aromatic heterocycles. The third-order valence-electron chi connectivity index (χ3n) is 2.86. The summed E-state index contributed by atoms with van der Waals surface area (Å²) in [6, 6.07) is 8.49. The van der Waals surface area contributed by atoms with E-state index >= 15 is 0 Å². The number of benzene rings is 1. The van der Waals surface area contributed by atoms with Gasteiger partial charge >= 0.3 is 11.7 Å². The molecule has 1 heterocycles. The summed E-state index contributed by atoms with van der Waals surface area (Å²) in [5.41, 5.74) is 7.52. The van der Waals surface area contributed by atoms with Crippen LogP contribution in [0.2, 0.25) is 0 Å². The Morgan fingerprint density at radius 2 is 2.10 bits per heavy atom. The van der Waals surface area contributed by atoms with E-state index in [4.69, 9.17) is 10.6 Å². The van der Waals surface area contributed by atoms with Crippen molar-refractivity contribution in [3.8, 4) is 0 Å². The zero-order valence-corrected chi connectivity index (χ0v) is 10.4. The zero-order valence-electron chi connectivity index (χ0n) is 10.4. The number of H-pyrrole nitrogens is 1. The van der Waals surface area contributed by atoms with Gasteiger partial charge in [0.1, 0.15) is 6.04 Å². The van der Waals surface area contributed by atoms with Crippen LogP contribution in [0.15, 0.2) is 46.4 Å². The summed E-state index contributed by atoms with van der Waals surface area (Å²) in [4.78, 5) is 28.1. The molecule has 0 aliphatic heterocycles. The predicted octanol–water partition coefficient (Wildman–Crippen LogP) is 1.78. The highest BCUT2D eigenvalue weighted by molar-refractivity contribution is 5.88. The Labute approximate surface area is 113 Å². The number of aromatic nitrogens is 2. The van der Waals surface area contributed by atoms with Crippen LogP contribution in [-0.4, -0.2) is 21.0 Å². The Balaban J connectivity index is 2.37. The molecule has 0 saturated carbocycles. The second kappa shape index (κ2) is 5.87. The first-order valence-corrected chi connectivity index (χ1v) is 5.85.